The lowest BCUT2D eigenvalue weighted by Gasteiger charge is -2.13. The third kappa shape index (κ3) is 2.38. The van der Waals surface area contributed by atoms with E-state index in [1.165, 1.54) is 6.07 Å². The third-order valence-corrected chi connectivity index (χ3v) is 3.07. The molecule has 0 saturated heterocycles. The van der Waals surface area contributed by atoms with E-state index < -0.39 is 11.7 Å². The summed E-state index contributed by atoms with van der Waals surface area (Å²) in [4.78, 5) is 0. The molecule has 0 bridgehead atoms. The molecule has 1 rings (SSSR count). The first kappa shape index (κ1) is 11.8. The average Bonchev–Trinajstić information content (AvgIpc) is 2.07. The van der Waals surface area contributed by atoms with E-state index in [0.717, 1.165) is 9.64 Å². The molecule has 2 N–H and O–H groups in total. The molecular formula is C9H9F3IN. The van der Waals surface area contributed by atoms with E-state index >= 15 is 0 Å². The van der Waals surface area contributed by atoms with Crippen molar-refractivity contribution in [3.63, 3.8) is 0 Å². The fourth-order valence-corrected chi connectivity index (χ4v) is 1.69. The van der Waals surface area contributed by atoms with Gasteiger partial charge in [0, 0.05) is 10.1 Å². The number of halogens is 4. The van der Waals surface area contributed by atoms with Crippen molar-refractivity contribution in [1.82, 2.24) is 0 Å². The lowest BCUT2D eigenvalue weighted by Crippen LogP contribution is -2.12. The molecule has 0 unspecified atom stereocenters. The Morgan fingerprint density at radius 2 is 1.93 bits per heavy atom. The largest absolute Gasteiger partial charge is 0.416 e. The van der Waals surface area contributed by atoms with Gasteiger partial charge in [-0.05, 0) is 52.8 Å². The summed E-state index contributed by atoms with van der Waals surface area (Å²) in [5.74, 6) is 0. The number of benzene rings is 1. The van der Waals surface area contributed by atoms with Gasteiger partial charge in [-0.1, -0.05) is 0 Å². The maximum atomic E-state index is 12.5. The standard InChI is InChI=1S/C9H9F3IN/c1-5-2-7(9(10,11)12)6(4-14)3-8(5)13/h2-3H,4,14H2,1H3. The first-order valence-corrected chi connectivity index (χ1v) is 5.00. The van der Waals surface area contributed by atoms with Crippen molar-refractivity contribution in [3.05, 3.63) is 32.4 Å². The van der Waals surface area contributed by atoms with Crippen LogP contribution in [0.25, 0.3) is 0 Å². The molecule has 1 aromatic rings. The van der Waals surface area contributed by atoms with Gasteiger partial charge in [0.05, 0.1) is 5.56 Å². The van der Waals surface area contributed by atoms with Gasteiger partial charge in [0.25, 0.3) is 0 Å². The minimum Gasteiger partial charge on any atom is -0.326 e. The van der Waals surface area contributed by atoms with Crippen LogP contribution in [0.2, 0.25) is 0 Å². The van der Waals surface area contributed by atoms with Gasteiger partial charge in [-0.25, -0.2) is 0 Å². The summed E-state index contributed by atoms with van der Waals surface area (Å²) < 4.78 is 38.3. The molecule has 14 heavy (non-hydrogen) atoms. The van der Waals surface area contributed by atoms with Gasteiger partial charge in [-0.3, -0.25) is 0 Å². The first-order valence-electron chi connectivity index (χ1n) is 3.92. The minimum atomic E-state index is -4.32. The summed E-state index contributed by atoms with van der Waals surface area (Å²) >= 11 is 2.00. The van der Waals surface area contributed by atoms with Crippen molar-refractivity contribution in [2.75, 3.05) is 0 Å². The van der Waals surface area contributed by atoms with Crippen molar-refractivity contribution in [3.8, 4) is 0 Å². The SMILES string of the molecule is Cc1cc(C(F)(F)F)c(CN)cc1I. The predicted octanol–water partition coefficient (Wildman–Crippen LogP) is 3.08. The van der Waals surface area contributed by atoms with Crippen molar-refractivity contribution in [2.24, 2.45) is 5.73 Å². The molecule has 1 aromatic carbocycles. The van der Waals surface area contributed by atoms with E-state index in [-0.39, 0.29) is 12.1 Å². The molecule has 0 aliphatic heterocycles. The number of alkyl halides is 3. The van der Waals surface area contributed by atoms with Crippen LogP contribution in [0.1, 0.15) is 16.7 Å². The van der Waals surface area contributed by atoms with Crippen LogP contribution in [0, 0.1) is 10.5 Å². The highest BCUT2D eigenvalue weighted by atomic mass is 127. The Bertz CT molecular complexity index is 347. The highest BCUT2D eigenvalue weighted by Gasteiger charge is 2.33. The topological polar surface area (TPSA) is 26.0 Å². The van der Waals surface area contributed by atoms with Gasteiger partial charge in [0.1, 0.15) is 0 Å². The smallest absolute Gasteiger partial charge is 0.326 e. The Morgan fingerprint density at radius 1 is 1.36 bits per heavy atom. The number of rotatable bonds is 1. The van der Waals surface area contributed by atoms with Crippen LogP contribution in [0.15, 0.2) is 12.1 Å². The van der Waals surface area contributed by atoms with Crippen LogP contribution in [0.3, 0.4) is 0 Å². The van der Waals surface area contributed by atoms with Crippen molar-refractivity contribution in [1.29, 1.82) is 0 Å². The Labute approximate surface area is 93.6 Å². The number of aryl methyl sites for hydroxylation is 1. The van der Waals surface area contributed by atoms with E-state index in [1.54, 1.807) is 6.92 Å². The van der Waals surface area contributed by atoms with E-state index in [4.69, 9.17) is 5.73 Å². The van der Waals surface area contributed by atoms with Gasteiger partial charge >= 0.3 is 6.18 Å². The Hall–Kier alpha value is -0.300. The summed E-state index contributed by atoms with van der Waals surface area (Å²) in [5.41, 5.74) is 5.40. The normalized spacial score (nSPS) is 11.9. The second kappa shape index (κ2) is 4.06. The monoisotopic (exact) mass is 315 g/mol. The summed E-state index contributed by atoms with van der Waals surface area (Å²) in [6.45, 7) is 1.56. The molecule has 0 radical (unpaired) electrons. The molecular weight excluding hydrogens is 306 g/mol. The van der Waals surface area contributed by atoms with Crippen LogP contribution in [-0.4, -0.2) is 0 Å². The lowest BCUT2D eigenvalue weighted by molar-refractivity contribution is -0.138. The predicted molar refractivity (Wildman–Crippen MR) is 56.8 cm³/mol. The Balaban J connectivity index is 3.35. The maximum Gasteiger partial charge on any atom is 0.416 e. The summed E-state index contributed by atoms with van der Waals surface area (Å²) in [6, 6.07) is 2.63. The molecule has 0 amide bonds. The highest BCUT2D eigenvalue weighted by molar-refractivity contribution is 14.1. The highest BCUT2D eigenvalue weighted by Crippen LogP contribution is 2.33. The second-order valence-electron chi connectivity index (χ2n) is 2.96. The molecule has 5 heteroatoms. The van der Waals surface area contributed by atoms with E-state index in [1.807, 2.05) is 22.6 Å². The van der Waals surface area contributed by atoms with Crippen LogP contribution >= 0.6 is 22.6 Å². The van der Waals surface area contributed by atoms with Crippen molar-refractivity contribution >= 4 is 22.6 Å². The molecule has 0 spiro atoms. The maximum absolute atomic E-state index is 12.5. The molecule has 0 fully saturated rings. The Morgan fingerprint density at radius 3 is 2.36 bits per heavy atom. The third-order valence-electron chi connectivity index (χ3n) is 1.91. The van der Waals surface area contributed by atoms with Gasteiger partial charge < -0.3 is 5.73 Å². The molecule has 0 aliphatic rings. The fourth-order valence-electron chi connectivity index (χ4n) is 1.16. The number of nitrogens with two attached hydrogens (primary N) is 1. The molecule has 1 nitrogen and oxygen atoms in total. The van der Waals surface area contributed by atoms with Crippen molar-refractivity contribution < 1.29 is 13.2 Å². The molecule has 0 saturated carbocycles. The van der Waals surface area contributed by atoms with Crippen LogP contribution in [-0.2, 0) is 12.7 Å². The van der Waals surface area contributed by atoms with E-state index in [9.17, 15) is 13.2 Å². The number of hydrogen-bond acceptors (Lipinski definition) is 1. The first-order chi connectivity index (χ1) is 6.36. The number of hydrogen-bond donors (Lipinski definition) is 1. The van der Waals surface area contributed by atoms with Crippen LogP contribution in [0.4, 0.5) is 13.2 Å². The molecule has 0 aromatic heterocycles. The van der Waals surface area contributed by atoms with Crippen LogP contribution in [0.5, 0.6) is 0 Å². The zero-order valence-electron chi connectivity index (χ0n) is 7.45. The summed E-state index contributed by atoms with van der Waals surface area (Å²) in [7, 11) is 0. The fraction of sp³-hybridized carbons (Fsp3) is 0.333. The van der Waals surface area contributed by atoms with Crippen LogP contribution < -0.4 is 5.73 Å². The molecule has 0 aliphatic carbocycles. The quantitative estimate of drug-likeness (QED) is 0.792. The lowest BCUT2D eigenvalue weighted by atomic mass is 10.0. The summed E-state index contributed by atoms with van der Waals surface area (Å²) in [6.07, 6.45) is -4.32. The Kier molecular flexibility index (Phi) is 3.41. The zero-order chi connectivity index (χ0) is 10.9. The zero-order valence-corrected chi connectivity index (χ0v) is 9.61. The average molecular weight is 315 g/mol. The second-order valence-corrected chi connectivity index (χ2v) is 4.12. The van der Waals surface area contributed by atoms with Gasteiger partial charge in [0.15, 0.2) is 0 Å². The molecule has 78 valence electrons. The molecule has 0 atom stereocenters. The van der Waals surface area contributed by atoms with E-state index in [2.05, 4.69) is 0 Å². The van der Waals surface area contributed by atoms with Crippen molar-refractivity contribution in [2.45, 2.75) is 19.6 Å². The van der Waals surface area contributed by atoms with Gasteiger partial charge in [-0.2, -0.15) is 13.2 Å². The minimum absolute atomic E-state index is 0.0921. The van der Waals surface area contributed by atoms with E-state index in [0.29, 0.717) is 5.56 Å². The van der Waals surface area contributed by atoms with Gasteiger partial charge in [-0.15, -0.1) is 0 Å². The molecule has 0 heterocycles. The summed E-state index contributed by atoms with van der Waals surface area (Å²) in [5, 5.41) is 0. The van der Waals surface area contributed by atoms with Gasteiger partial charge in [0.2, 0.25) is 0 Å².